The minimum atomic E-state index is -0.152. The summed E-state index contributed by atoms with van der Waals surface area (Å²) >= 11 is 3.45. The van der Waals surface area contributed by atoms with Crippen molar-refractivity contribution in [3.05, 3.63) is 29.3 Å². The minimum Gasteiger partial charge on any atom is -0.508 e. The second-order valence-corrected chi connectivity index (χ2v) is 5.96. The lowest BCUT2D eigenvalue weighted by molar-refractivity contribution is 0.0938. The van der Waals surface area contributed by atoms with Crippen LogP contribution in [-0.2, 0) is 0 Å². The Morgan fingerprint density at radius 3 is 2.65 bits per heavy atom. The predicted octanol–water partition coefficient (Wildman–Crippen LogP) is 2.99. The van der Waals surface area contributed by atoms with Gasteiger partial charge in [0.25, 0.3) is 5.91 Å². The molecule has 0 aromatic heterocycles. The average Bonchev–Trinajstić information content (AvgIpc) is 2.20. The SMILES string of the molecule is Cc1ccc(C(=O)NC(C)CC(C)Br)cc1O. The number of aryl methyl sites for hydroxylation is 1. The Morgan fingerprint density at radius 1 is 1.47 bits per heavy atom. The van der Waals surface area contributed by atoms with Gasteiger partial charge in [0.1, 0.15) is 5.75 Å². The number of aromatic hydroxyl groups is 1. The maximum Gasteiger partial charge on any atom is 0.251 e. The monoisotopic (exact) mass is 299 g/mol. The summed E-state index contributed by atoms with van der Waals surface area (Å²) in [6, 6.07) is 5.05. The molecule has 3 nitrogen and oxygen atoms in total. The van der Waals surface area contributed by atoms with Crippen molar-refractivity contribution in [2.24, 2.45) is 0 Å². The molecule has 0 radical (unpaired) electrons. The van der Waals surface area contributed by atoms with Gasteiger partial charge in [0, 0.05) is 16.4 Å². The molecule has 0 heterocycles. The van der Waals surface area contributed by atoms with Gasteiger partial charge in [-0.25, -0.2) is 0 Å². The number of halogens is 1. The van der Waals surface area contributed by atoms with Crippen molar-refractivity contribution in [1.82, 2.24) is 5.32 Å². The minimum absolute atomic E-state index is 0.0975. The maximum atomic E-state index is 11.9. The highest BCUT2D eigenvalue weighted by Gasteiger charge is 2.12. The first-order chi connectivity index (χ1) is 7.90. The van der Waals surface area contributed by atoms with Crippen molar-refractivity contribution in [2.75, 3.05) is 0 Å². The molecule has 2 N–H and O–H groups in total. The fourth-order valence-corrected chi connectivity index (χ4v) is 2.16. The number of rotatable bonds is 4. The zero-order chi connectivity index (χ0) is 13.0. The molecule has 0 aliphatic carbocycles. The largest absolute Gasteiger partial charge is 0.508 e. The van der Waals surface area contributed by atoms with E-state index in [4.69, 9.17) is 0 Å². The molecule has 4 heteroatoms. The van der Waals surface area contributed by atoms with Crippen LogP contribution in [0.2, 0.25) is 0 Å². The Labute approximate surface area is 110 Å². The third-order valence-electron chi connectivity index (χ3n) is 2.53. The molecule has 1 amide bonds. The van der Waals surface area contributed by atoms with Crippen LogP contribution in [0.3, 0.4) is 0 Å². The van der Waals surface area contributed by atoms with Crippen molar-refractivity contribution >= 4 is 21.8 Å². The van der Waals surface area contributed by atoms with Gasteiger partial charge in [-0.1, -0.05) is 28.9 Å². The Hall–Kier alpha value is -1.03. The second-order valence-electron chi connectivity index (χ2n) is 4.39. The van der Waals surface area contributed by atoms with Gasteiger partial charge >= 0.3 is 0 Å². The van der Waals surface area contributed by atoms with E-state index in [-0.39, 0.29) is 17.7 Å². The van der Waals surface area contributed by atoms with Gasteiger partial charge in [-0.15, -0.1) is 0 Å². The van der Waals surface area contributed by atoms with Crippen LogP contribution in [0.1, 0.15) is 36.2 Å². The van der Waals surface area contributed by atoms with Crippen molar-refractivity contribution in [1.29, 1.82) is 0 Å². The van der Waals surface area contributed by atoms with E-state index >= 15 is 0 Å². The van der Waals surface area contributed by atoms with Crippen molar-refractivity contribution in [3.8, 4) is 5.75 Å². The molecule has 0 bridgehead atoms. The quantitative estimate of drug-likeness (QED) is 0.840. The van der Waals surface area contributed by atoms with Crippen LogP contribution in [0.5, 0.6) is 5.75 Å². The molecular formula is C13H18BrNO2. The summed E-state index contributed by atoms with van der Waals surface area (Å²) < 4.78 is 0. The van der Waals surface area contributed by atoms with Crippen LogP contribution in [0.4, 0.5) is 0 Å². The third-order valence-corrected chi connectivity index (χ3v) is 2.90. The molecule has 1 aromatic carbocycles. The van der Waals surface area contributed by atoms with Gasteiger partial charge in [0.15, 0.2) is 0 Å². The molecule has 0 aliphatic heterocycles. The number of carbonyl (C=O) groups is 1. The van der Waals surface area contributed by atoms with Gasteiger partial charge in [-0.2, -0.15) is 0 Å². The van der Waals surface area contributed by atoms with E-state index in [0.717, 1.165) is 12.0 Å². The summed E-state index contributed by atoms with van der Waals surface area (Å²) in [6.45, 7) is 5.80. The van der Waals surface area contributed by atoms with E-state index in [2.05, 4.69) is 21.2 Å². The number of hydrogen-bond donors (Lipinski definition) is 2. The van der Waals surface area contributed by atoms with Gasteiger partial charge < -0.3 is 10.4 Å². The third kappa shape index (κ3) is 4.38. The molecule has 2 unspecified atom stereocenters. The van der Waals surface area contributed by atoms with E-state index in [1.165, 1.54) is 6.07 Å². The summed E-state index contributed by atoms with van der Waals surface area (Å²) in [4.78, 5) is 12.2. The van der Waals surface area contributed by atoms with Gasteiger partial charge in [0.2, 0.25) is 0 Å². The maximum absolute atomic E-state index is 11.9. The van der Waals surface area contributed by atoms with Gasteiger partial charge in [0.05, 0.1) is 0 Å². The highest BCUT2D eigenvalue weighted by molar-refractivity contribution is 9.09. The first-order valence-electron chi connectivity index (χ1n) is 5.64. The zero-order valence-corrected chi connectivity index (χ0v) is 11.9. The summed E-state index contributed by atoms with van der Waals surface area (Å²) in [5.41, 5.74) is 1.26. The molecule has 1 aromatic rings. The highest BCUT2D eigenvalue weighted by atomic mass is 79.9. The summed E-state index contributed by atoms with van der Waals surface area (Å²) in [6.07, 6.45) is 0.865. The zero-order valence-electron chi connectivity index (χ0n) is 10.3. The first kappa shape index (κ1) is 14.0. The smallest absolute Gasteiger partial charge is 0.251 e. The Morgan fingerprint density at radius 2 is 2.12 bits per heavy atom. The van der Waals surface area contributed by atoms with E-state index in [0.29, 0.717) is 10.4 Å². The number of amides is 1. The second kappa shape index (κ2) is 6.05. The van der Waals surface area contributed by atoms with Crippen LogP contribution >= 0.6 is 15.9 Å². The summed E-state index contributed by atoms with van der Waals surface area (Å²) in [5.74, 6) is 0.000104. The van der Waals surface area contributed by atoms with Crippen LogP contribution in [0.25, 0.3) is 0 Å². The van der Waals surface area contributed by atoms with Crippen molar-refractivity contribution in [3.63, 3.8) is 0 Å². The van der Waals surface area contributed by atoms with E-state index in [1.807, 2.05) is 13.8 Å². The molecule has 2 atom stereocenters. The molecule has 94 valence electrons. The summed E-state index contributed by atoms with van der Waals surface area (Å²) in [7, 11) is 0. The van der Waals surface area contributed by atoms with E-state index in [1.54, 1.807) is 19.1 Å². The van der Waals surface area contributed by atoms with Crippen LogP contribution in [-0.4, -0.2) is 21.9 Å². The van der Waals surface area contributed by atoms with E-state index in [9.17, 15) is 9.90 Å². The molecule has 0 fully saturated rings. The van der Waals surface area contributed by atoms with Crippen molar-refractivity contribution in [2.45, 2.75) is 38.1 Å². The molecule has 0 aliphatic rings. The lowest BCUT2D eigenvalue weighted by Crippen LogP contribution is -2.33. The number of carbonyl (C=O) groups excluding carboxylic acids is 1. The molecule has 1 rings (SSSR count). The fraction of sp³-hybridized carbons (Fsp3) is 0.462. The first-order valence-corrected chi connectivity index (χ1v) is 6.56. The lowest BCUT2D eigenvalue weighted by Gasteiger charge is -2.15. The average molecular weight is 300 g/mol. The number of phenols is 1. The number of benzene rings is 1. The van der Waals surface area contributed by atoms with Gasteiger partial charge in [-0.05, 0) is 38.0 Å². The number of alkyl halides is 1. The molecule has 0 spiro atoms. The molecule has 0 saturated carbocycles. The van der Waals surface area contributed by atoms with Crippen LogP contribution < -0.4 is 5.32 Å². The van der Waals surface area contributed by atoms with Crippen LogP contribution in [0, 0.1) is 6.92 Å². The topological polar surface area (TPSA) is 49.3 Å². The lowest BCUT2D eigenvalue weighted by atomic mass is 10.1. The summed E-state index contributed by atoms with van der Waals surface area (Å²) in [5, 5.41) is 12.4. The highest BCUT2D eigenvalue weighted by Crippen LogP contribution is 2.17. The fourth-order valence-electron chi connectivity index (χ4n) is 1.60. The predicted molar refractivity (Wildman–Crippen MR) is 72.8 cm³/mol. The van der Waals surface area contributed by atoms with Crippen molar-refractivity contribution < 1.29 is 9.90 Å². The van der Waals surface area contributed by atoms with Gasteiger partial charge in [-0.3, -0.25) is 4.79 Å². The van der Waals surface area contributed by atoms with Crippen LogP contribution in [0.15, 0.2) is 18.2 Å². The Kier molecular flexibility index (Phi) is 5.00. The Bertz CT molecular complexity index is 404. The number of hydrogen-bond acceptors (Lipinski definition) is 2. The standard InChI is InChI=1S/C13H18BrNO2/c1-8-4-5-11(7-12(8)16)13(17)15-10(3)6-9(2)14/h4-5,7,9-10,16H,6H2,1-3H3,(H,15,17). The normalized spacial score (nSPS) is 14.1. The molecule has 0 saturated heterocycles. The number of nitrogens with one attached hydrogen (secondary N) is 1. The van der Waals surface area contributed by atoms with E-state index < -0.39 is 0 Å². The molecule has 17 heavy (non-hydrogen) atoms. The Balaban J connectivity index is 2.66. The number of phenolic OH excluding ortho intramolecular Hbond substituents is 1. The molecular weight excluding hydrogens is 282 g/mol.